The molecule has 2 rings (SSSR count). The lowest BCUT2D eigenvalue weighted by Crippen LogP contribution is -2.45. The predicted octanol–water partition coefficient (Wildman–Crippen LogP) is 4.06. The maximum atomic E-state index is 6.36. The zero-order chi connectivity index (χ0) is 17.7. The van der Waals surface area contributed by atoms with Crippen LogP contribution < -0.4 is 0 Å². The van der Waals surface area contributed by atoms with Gasteiger partial charge in [-0.3, -0.25) is 0 Å². The van der Waals surface area contributed by atoms with Crippen LogP contribution in [0.4, 0.5) is 0 Å². The summed E-state index contributed by atoms with van der Waals surface area (Å²) in [4.78, 5) is 0. The summed E-state index contributed by atoms with van der Waals surface area (Å²) >= 11 is 0. The van der Waals surface area contributed by atoms with Crippen LogP contribution >= 0.6 is 0 Å². The molecule has 2 fully saturated rings. The van der Waals surface area contributed by atoms with Gasteiger partial charge < -0.3 is 18.6 Å². The van der Waals surface area contributed by atoms with Gasteiger partial charge in [-0.1, -0.05) is 20.3 Å². The minimum absolute atomic E-state index is 0.329. The SMILES string of the molecule is CCC(C)CCC1(C)OB(B2OC(C)(C)C(C)(C)O2)OC1(C)C. The van der Waals surface area contributed by atoms with Crippen LogP contribution in [0, 0.1) is 5.92 Å². The van der Waals surface area contributed by atoms with Gasteiger partial charge >= 0.3 is 14.0 Å². The van der Waals surface area contributed by atoms with Gasteiger partial charge in [-0.2, -0.15) is 0 Å². The van der Waals surface area contributed by atoms with E-state index >= 15 is 0 Å². The average molecular weight is 324 g/mol. The molecule has 132 valence electrons. The van der Waals surface area contributed by atoms with E-state index in [0.717, 1.165) is 12.8 Å². The van der Waals surface area contributed by atoms with Gasteiger partial charge in [0.25, 0.3) is 0 Å². The van der Waals surface area contributed by atoms with Crippen LogP contribution in [0.3, 0.4) is 0 Å². The van der Waals surface area contributed by atoms with Crippen molar-refractivity contribution in [1.29, 1.82) is 0 Å². The summed E-state index contributed by atoms with van der Waals surface area (Å²) in [6.45, 7) is 19.1. The first-order valence-electron chi connectivity index (χ1n) is 9.05. The van der Waals surface area contributed by atoms with E-state index in [2.05, 4.69) is 62.3 Å². The summed E-state index contributed by atoms with van der Waals surface area (Å²) in [5, 5.41) is 0. The second kappa shape index (κ2) is 6.05. The van der Waals surface area contributed by atoms with E-state index < -0.39 is 14.0 Å². The van der Waals surface area contributed by atoms with Crippen molar-refractivity contribution in [2.45, 2.75) is 104 Å². The van der Waals surface area contributed by atoms with Gasteiger partial charge in [0.2, 0.25) is 0 Å². The Labute approximate surface area is 143 Å². The molecule has 2 atom stereocenters. The highest BCUT2D eigenvalue weighted by atomic mass is 16.7. The van der Waals surface area contributed by atoms with Crippen LogP contribution in [0.25, 0.3) is 0 Å². The molecule has 2 aliphatic rings. The van der Waals surface area contributed by atoms with Crippen LogP contribution in [0.1, 0.15) is 81.6 Å². The fraction of sp³-hybridized carbons (Fsp3) is 1.00. The topological polar surface area (TPSA) is 36.9 Å². The first-order chi connectivity index (χ1) is 10.3. The first-order valence-corrected chi connectivity index (χ1v) is 9.05. The van der Waals surface area contributed by atoms with Gasteiger partial charge in [-0.25, -0.2) is 0 Å². The highest BCUT2D eigenvalue weighted by Gasteiger charge is 2.64. The Kier molecular flexibility index (Phi) is 5.07. The highest BCUT2D eigenvalue weighted by Crippen LogP contribution is 2.45. The zero-order valence-electron chi connectivity index (χ0n) is 16.5. The Morgan fingerprint density at radius 3 is 1.65 bits per heavy atom. The maximum Gasteiger partial charge on any atom is 0.488 e. The Bertz CT molecular complexity index is 422. The maximum absolute atomic E-state index is 6.36. The molecule has 0 saturated carbocycles. The van der Waals surface area contributed by atoms with E-state index in [9.17, 15) is 0 Å². The van der Waals surface area contributed by atoms with Crippen LogP contribution in [0.5, 0.6) is 0 Å². The molecule has 4 nitrogen and oxygen atoms in total. The second-order valence-corrected chi connectivity index (χ2v) is 9.02. The third-order valence-electron chi connectivity index (χ3n) is 6.37. The molecule has 0 bridgehead atoms. The van der Waals surface area contributed by atoms with Gasteiger partial charge in [0.05, 0.1) is 22.4 Å². The Hall–Kier alpha value is -0.0301. The van der Waals surface area contributed by atoms with Crippen LogP contribution in [-0.4, -0.2) is 36.4 Å². The van der Waals surface area contributed by atoms with E-state index in [4.69, 9.17) is 18.6 Å². The van der Waals surface area contributed by atoms with Crippen molar-refractivity contribution in [3.8, 4) is 0 Å². The van der Waals surface area contributed by atoms with Crippen molar-refractivity contribution in [1.82, 2.24) is 0 Å². The largest absolute Gasteiger partial charge is 0.488 e. The smallest absolute Gasteiger partial charge is 0.405 e. The van der Waals surface area contributed by atoms with Crippen LogP contribution in [0.2, 0.25) is 0 Å². The molecular weight excluding hydrogens is 290 g/mol. The summed E-state index contributed by atoms with van der Waals surface area (Å²) in [7, 11) is -0.960. The molecule has 0 aromatic heterocycles. The van der Waals surface area contributed by atoms with E-state index in [1.54, 1.807) is 0 Å². The molecule has 0 aromatic carbocycles. The fourth-order valence-corrected chi connectivity index (χ4v) is 3.03. The van der Waals surface area contributed by atoms with E-state index in [1.165, 1.54) is 6.42 Å². The van der Waals surface area contributed by atoms with Crippen molar-refractivity contribution in [3.05, 3.63) is 0 Å². The minimum atomic E-state index is -0.482. The van der Waals surface area contributed by atoms with E-state index in [1.807, 2.05) is 0 Å². The van der Waals surface area contributed by atoms with Crippen LogP contribution in [0.15, 0.2) is 0 Å². The number of rotatable bonds is 5. The average Bonchev–Trinajstić information content (AvgIpc) is 2.78. The standard InChI is InChI=1S/C17H34B2O4/c1-10-13(2)11-12-17(9)16(7,8)22-19(23-17)18-20-14(3,4)15(5,6)21-18/h13H,10-12H2,1-9H3. The monoisotopic (exact) mass is 324 g/mol. The third-order valence-corrected chi connectivity index (χ3v) is 6.37. The summed E-state index contributed by atoms with van der Waals surface area (Å²) in [6, 6.07) is 0. The lowest BCUT2D eigenvalue weighted by molar-refractivity contribution is -0.0193. The predicted molar refractivity (Wildman–Crippen MR) is 95.2 cm³/mol. The molecular formula is C17H34B2O4. The molecule has 2 unspecified atom stereocenters. The lowest BCUT2D eigenvalue weighted by Gasteiger charge is -2.37. The number of hydrogen-bond donors (Lipinski definition) is 0. The second-order valence-electron chi connectivity index (χ2n) is 9.02. The number of hydrogen-bond acceptors (Lipinski definition) is 4. The van der Waals surface area contributed by atoms with Crippen molar-refractivity contribution in [2.24, 2.45) is 5.92 Å². The van der Waals surface area contributed by atoms with E-state index in [-0.39, 0.29) is 22.4 Å². The summed E-state index contributed by atoms with van der Waals surface area (Å²) < 4.78 is 24.8. The zero-order valence-corrected chi connectivity index (χ0v) is 16.5. The minimum Gasteiger partial charge on any atom is -0.405 e. The quantitative estimate of drug-likeness (QED) is 0.715. The molecule has 0 amide bonds. The lowest BCUT2D eigenvalue weighted by atomic mass is 9.49. The Morgan fingerprint density at radius 1 is 0.739 bits per heavy atom. The van der Waals surface area contributed by atoms with Gasteiger partial charge in [0.15, 0.2) is 0 Å². The summed E-state index contributed by atoms with van der Waals surface area (Å²) in [5.41, 5.74) is -1.44. The molecule has 2 aliphatic heterocycles. The summed E-state index contributed by atoms with van der Waals surface area (Å²) in [6.07, 6.45) is 3.30. The van der Waals surface area contributed by atoms with Crippen molar-refractivity contribution in [2.75, 3.05) is 0 Å². The molecule has 0 aliphatic carbocycles. The molecule has 0 radical (unpaired) electrons. The molecule has 0 aromatic rings. The van der Waals surface area contributed by atoms with Gasteiger partial charge in [-0.15, -0.1) is 0 Å². The van der Waals surface area contributed by atoms with Crippen molar-refractivity contribution in [3.63, 3.8) is 0 Å². The van der Waals surface area contributed by atoms with Crippen LogP contribution in [-0.2, 0) is 18.6 Å². The van der Waals surface area contributed by atoms with E-state index in [0.29, 0.717) is 5.92 Å². The normalized spacial score (nSPS) is 33.3. The third kappa shape index (κ3) is 3.51. The van der Waals surface area contributed by atoms with Gasteiger partial charge in [-0.05, 0) is 67.2 Å². The fourth-order valence-electron chi connectivity index (χ4n) is 3.03. The van der Waals surface area contributed by atoms with Crippen molar-refractivity contribution >= 4 is 14.0 Å². The summed E-state index contributed by atoms with van der Waals surface area (Å²) in [5.74, 6) is 0.696. The molecule has 23 heavy (non-hydrogen) atoms. The van der Waals surface area contributed by atoms with Crippen molar-refractivity contribution < 1.29 is 18.6 Å². The molecule has 0 spiro atoms. The first kappa shape index (κ1) is 19.3. The Morgan fingerprint density at radius 2 is 1.17 bits per heavy atom. The molecule has 2 saturated heterocycles. The molecule has 0 N–H and O–H groups in total. The Balaban J connectivity index is 2.08. The van der Waals surface area contributed by atoms with Gasteiger partial charge in [0, 0.05) is 0 Å². The molecule has 2 heterocycles. The van der Waals surface area contributed by atoms with Gasteiger partial charge in [0.1, 0.15) is 0 Å². The highest BCUT2D eigenvalue weighted by molar-refractivity contribution is 7.11. The molecule has 6 heteroatoms.